The maximum Gasteiger partial charge on any atom is 0.127 e. The van der Waals surface area contributed by atoms with Crippen LogP contribution in [0.5, 0.6) is 11.5 Å². The zero-order valence-corrected chi connectivity index (χ0v) is 19.3. The predicted octanol–water partition coefficient (Wildman–Crippen LogP) is 6.40. The van der Waals surface area contributed by atoms with E-state index in [0.717, 1.165) is 46.0 Å². The second kappa shape index (κ2) is 11.2. The van der Waals surface area contributed by atoms with Crippen LogP contribution >= 0.6 is 0 Å². The van der Waals surface area contributed by atoms with Gasteiger partial charge in [-0.05, 0) is 73.9 Å². The predicted molar refractivity (Wildman–Crippen MR) is 132 cm³/mol. The molecule has 0 saturated heterocycles. The lowest BCUT2D eigenvalue weighted by Crippen LogP contribution is -2.14. The molecule has 0 aromatic heterocycles. The minimum Gasteiger partial charge on any atom is -0.457 e. The van der Waals surface area contributed by atoms with Crippen molar-refractivity contribution in [3.63, 3.8) is 0 Å². The maximum absolute atomic E-state index is 5.89. The Morgan fingerprint density at radius 3 is 2.50 bits per heavy atom. The fourth-order valence-corrected chi connectivity index (χ4v) is 3.09. The number of hydrogen-bond donors (Lipinski definition) is 1. The van der Waals surface area contributed by atoms with E-state index >= 15 is 0 Å². The lowest BCUT2D eigenvalue weighted by atomic mass is 10.0. The normalized spacial score (nSPS) is 10.9. The molecule has 0 aliphatic carbocycles. The first kappa shape index (κ1) is 23.1. The molecule has 0 radical (unpaired) electrons. The van der Waals surface area contributed by atoms with Gasteiger partial charge in [0.1, 0.15) is 11.5 Å². The van der Waals surface area contributed by atoms with E-state index in [1.54, 1.807) is 0 Å². The van der Waals surface area contributed by atoms with Crippen molar-refractivity contribution in [1.82, 2.24) is 10.4 Å². The van der Waals surface area contributed by atoms with Gasteiger partial charge in [0.05, 0.1) is 24.3 Å². The van der Waals surface area contributed by atoms with Gasteiger partial charge in [0, 0.05) is 19.2 Å². The van der Waals surface area contributed by atoms with Crippen molar-refractivity contribution in [3.05, 3.63) is 95.6 Å². The number of hydrogen-bond acceptors (Lipinski definition) is 4. The van der Waals surface area contributed by atoms with E-state index in [1.807, 2.05) is 79.8 Å². The smallest absolute Gasteiger partial charge is 0.127 e. The number of para-hydroxylation sites is 1. The molecule has 0 fully saturated rings. The van der Waals surface area contributed by atoms with Gasteiger partial charge < -0.3 is 9.64 Å². The van der Waals surface area contributed by atoms with Crippen molar-refractivity contribution in [2.24, 2.45) is 4.99 Å². The van der Waals surface area contributed by atoms with Crippen LogP contribution in [-0.2, 0) is 11.4 Å². The summed E-state index contributed by atoms with van der Waals surface area (Å²) >= 11 is 0. The van der Waals surface area contributed by atoms with E-state index in [0.29, 0.717) is 12.3 Å². The van der Waals surface area contributed by atoms with Crippen LogP contribution in [0.3, 0.4) is 0 Å². The number of nitrogens with zero attached hydrogens (tertiary/aromatic N) is 2. The molecule has 0 bridgehead atoms. The molecule has 0 aliphatic rings. The Morgan fingerprint density at radius 1 is 1.00 bits per heavy atom. The largest absolute Gasteiger partial charge is 0.457 e. The molecule has 0 amide bonds. The fraction of sp³-hybridized carbons (Fsp3) is 0.222. The Morgan fingerprint density at radius 2 is 1.75 bits per heavy atom. The zero-order chi connectivity index (χ0) is 22.9. The van der Waals surface area contributed by atoms with E-state index in [9.17, 15) is 0 Å². The lowest BCUT2D eigenvalue weighted by Gasteiger charge is -2.15. The van der Waals surface area contributed by atoms with Gasteiger partial charge in [-0.2, -0.15) is 0 Å². The van der Waals surface area contributed by atoms with Gasteiger partial charge in [-0.3, -0.25) is 10.3 Å². The number of nitrogens with one attached hydrogen (secondary N) is 1. The molecular weight excluding hydrogens is 398 g/mol. The number of hydroxylamine groups is 1. The van der Waals surface area contributed by atoms with E-state index in [2.05, 4.69) is 43.0 Å². The van der Waals surface area contributed by atoms with Crippen LogP contribution in [0.2, 0.25) is 0 Å². The number of rotatable bonds is 10. The molecule has 1 N–H and O–H groups in total. The van der Waals surface area contributed by atoms with Crippen LogP contribution < -0.4 is 10.2 Å². The first-order valence-electron chi connectivity index (χ1n) is 10.7. The Bertz CT molecular complexity index is 1080. The van der Waals surface area contributed by atoms with Crippen molar-refractivity contribution in [3.8, 4) is 11.5 Å². The maximum atomic E-state index is 5.89. The standard InChI is InChI=1S/C27H31N3O2/c1-6-30(5)19-28-27-16-20(2)26(15-21(27)3)22(4)29-31-18-23-11-10-14-25(17-23)32-24-12-8-7-9-13-24/h7-17,19,29H,4,6,18H2,1-3,5H3. The third-order valence-electron chi connectivity index (χ3n) is 5.07. The molecule has 0 aliphatic heterocycles. The van der Waals surface area contributed by atoms with Crippen LogP contribution in [0.15, 0.2) is 78.3 Å². The Labute approximate surface area is 191 Å². The summed E-state index contributed by atoms with van der Waals surface area (Å²) in [7, 11) is 2.01. The van der Waals surface area contributed by atoms with Crippen molar-refractivity contribution in [1.29, 1.82) is 0 Å². The van der Waals surface area contributed by atoms with Crippen molar-refractivity contribution in [2.45, 2.75) is 27.4 Å². The van der Waals surface area contributed by atoms with Crippen LogP contribution in [0.4, 0.5) is 5.69 Å². The van der Waals surface area contributed by atoms with Crippen LogP contribution in [0, 0.1) is 13.8 Å². The fourth-order valence-electron chi connectivity index (χ4n) is 3.09. The Hall–Kier alpha value is -3.57. The van der Waals surface area contributed by atoms with Crippen LogP contribution in [0.25, 0.3) is 5.70 Å². The summed E-state index contributed by atoms with van der Waals surface area (Å²) in [4.78, 5) is 12.3. The summed E-state index contributed by atoms with van der Waals surface area (Å²) in [5, 5.41) is 0. The molecule has 0 unspecified atom stereocenters. The molecule has 3 rings (SSSR count). The Balaban J connectivity index is 1.58. The topological polar surface area (TPSA) is 46.1 Å². The third kappa shape index (κ3) is 6.46. The average molecular weight is 430 g/mol. The lowest BCUT2D eigenvalue weighted by molar-refractivity contribution is 0.0647. The highest BCUT2D eigenvalue weighted by molar-refractivity contribution is 5.70. The second-order valence-corrected chi connectivity index (χ2v) is 7.70. The molecule has 3 aromatic carbocycles. The molecule has 0 atom stereocenters. The zero-order valence-electron chi connectivity index (χ0n) is 19.3. The summed E-state index contributed by atoms with van der Waals surface area (Å²) < 4.78 is 5.89. The monoisotopic (exact) mass is 429 g/mol. The minimum atomic E-state index is 0.384. The highest BCUT2D eigenvalue weighted by Crippen LogP contribution is 2.26. The van der Waals surface area contributed by atoms with Gasteiger partial charge in [-0.25, -0.2) is 4.99 Å². The van der Waals surface area contributed by atoms with Crippen LogP contribution in [0.1, 0.15) is 29.2 Å². The van der Waals surface area contributed by atoms with Gasteiger partial charge in [-0.1, -0.05) is 36.9 Å². The number of benzene rings is 3. The highest BCUT2D eigenvalue weighted by atomic mass is 16.6. The van der Waals surface area contributed by atoms with E-state index < -0.39 is 0 Å². The van der Waals surface area contributed by atoms with Gasteiger partial charge in [-0.15, -0.1) is 0 Å². The van der Waals surface area contributed by atoms with Crippen molar-refractivity contribution < 1.29 is 9.57 Å². The van der Waals surface area contributed by atoms with E-state index in [1.165, 1.54) is 0 Å². The van der Waals surface area contributed by atoms with Gasteiger partial charge in [0.15, 0.2) is 0 Å². The third-order valence-corrected chi connectivity index (χ3v) is 5.07. The van der Waals surface area contributed by atoms with Gasteiger partial charge >= 0.3 is 0 Å². The average Bonchev–Trinajstić information content (AvgIpc) is 2.80. The first-order valence-corrected chi connectivity index (χ1v) is 10.7. The molecule has 166 valence electrons. The highest BCUT2D eigenvalue weighted by Gasteiger charge is 2.08. The molecule has 5 nitrogen and oxygen atoms in total. The van der Waals surface area contributed by atoms with Crippen molar-refractivity contribution in [2.75, 3.05) is 13.6 Å². The minimum absolute atomic E-state index is 0.384. The molecule has 5 heteroatoms. The molecule has 0 spiro atoms. The quantitative estimate of drug-likeness (QED) is 0.230. The summed E-state index contributed by atoms with van der Waals surface area (Å²) in [5.74, 6) is 1.57. The first-order chi connectivity index (χ1) is 15.5. The summed E-state index contributed by atoms with van der Waals surface area (Å²) in [5.41, 5.74) is 8.82. The summed E-state index contributed by atoms with van der Waals surface area (Å²) in [6.07, 6.45) is 1.85. The number of aryl methyl sites for hydroxylation is 2. The molecule has 0 heterocycles. The Kier molecular flexibility index (Phi) is 8.06. The van der Waals surface area contributed by atoms with Gasteiger partial charge in [0.2, 0.25) is 0 Å². The summed E-state index contributed by atoms with van der Waals surface area (Å²) in [6.45, 7) is 11.6. The van der Waals surface area contributed by atoms with Crippen LogP contribution in [-0.4, -0.2) is 24.8 Å². The van der Waals surface area contributed by atoms with Crippen molar-refractivity contribution >= 4 is 17.7 Å². The second-order valence-electron chi connectivity index (χ2n) is 7.70. The van der Waals surface area contributed by atoms with E-state index in [4.69, 9.17) is 9.57 Å². The van der Waals surface area contributed by atoms with E-state index in [-0.39, 0.29) is 0 Å². The molecule has 3 aromatic rings. The SMILES string of the molecule is C=C(NOCc1cccc(Oc2ccccc2)c1)c1cc(C)c(N=CN(C)CC)cc1C. The summed E-state index contributed by atoms with van der Waals surface area (Å²) in [6, 6.07) is 21.7. The molecular formula is C27H31N3O2. The van der Waals surface area contributed by atoms with Gasteiger partial charge in [0.25, 0.3) is 0 Å². The molecule has 32 heavy (non-hydrogen) atoms. The number of ether oxygens (including phenoxy) is 1. The number of aliphatic imine (C=N–C) groups is 1. The molecule has 0 saturated carbocycles.